The molecule has 0 amide bonds. The Morgan fingerprint density at radius 3 is 2.80 bits per heavy atom. The standard InChI is InChI=1S/C11H16O3S/c1-3-4-7(2)9(12)10-8(11(13)14)5-6-15-10/h5-7,9,12H,3-4H2,1-2H3,(H,13,14). The SMILES string of the molecule is CCCC(C)C(O)c1sccc1C(=O)O. The van der Waals surface area contributed by atoms with E-state index in [1.807, 2.05) is 6.92 Å². The van der Waals surface area contributed by atoms with Crippen LogP contribution in [0.3, 0.4) is 0 Å². The van der Waals surface area contributed by atoms with E-state index in [2.05, 4.69) is 6.92 Å². The first-order valence-electron chi connectivity index (χ1n) is 5.06. The molecule has 0 saturated carbocycles. The predicted octanol–water partition coefficient (Wildman–Crippen LogP) is 2.92. The molecule has 0 aromatic carbocycles. The van der Waals surface area contributed by atoms with Crippen LogP contribution in [-0.2, 0) is 0 Å². The largest absolute Gasteiger partial charge is 0.478 e. The van der Waals surface area contributed by atoms with Gasteiger partial charge in [0, 0.05) is 4.88 Å². The summed E-state index contributed by atoms with van der Waals surface area (Å²) in [6.07, 6.45) is 1.24. The quantitative estimate of drug-likeness (QED) is 0.814. The minimum Gasteiger partial charge on any atom is -0.478 e. The van der Waals surface area contributed by atoms with Gasteiger partial charge >= 0.3 is 5.97 Å². The van der Waals surface area contributed by atoms with Crippen LogP contribution in [0.2, 0.25) is 0 Å². The molecule has 0 aliphatic heterocycles. The molecule has 0 spiro atoms. The number of aliphatic hydroxyl groups is 1. The van der Waals surface area contributed by atoms with Crippen LogP contribution >= 0.6 is 11.3 Å². The average Bonchev–Trinajstić information content (AvgIpc) is 2.65. The van der Waals surface area contributed by atoms with E-state index in [0.29, 0.717) is 4.88 Å². The lowest BCUT2D eigenvalue weighted by Gasteiger charge is -2.17. The van der Waals surface area contributed by atoms with Crippen molar-refractivity contribution in [2.45, 2.75) is 32.8 Å². The van der Waals surface area contributed by atoms with E-state index in [4.69, 9.17) is 5.11 Å². The summed E-state index contributed by atoms with van der Waals surface area (Å²) in [5, 5.41) is 20.6. The van der Waals surface area contributed by atoms with Crippen LogP contribution in [0.15, 0.2) is 11.4 Å². The third-order valence-corrected chi connectivity index (χ3v) is 3.46. The van der Waals surface area contributed by atoms with Gasteiger partial charge in [-0.1, -0.05) is 20.3 Å². The number of aliphatic hydroxyl groups excluding tert-OH is 1. The third-order valence-electron chi connectivity index (χ3n) is 2.48. The molecule has 0 fully saturated rings. The Bertz CT molecular complexity index is 332. The molecular weight excluding hydrogens is 212 g/mol. The zero-order valence-electron chi connectivity index (χ0n) is 8.93. The van der Waals surface area contributed by atoms with Gasteiger partial charge < -0.3 is 10.2 Å². The highest BCUT2D eigenvalue weighted by Gasteiger charge is 2.22. The van der Waals surface area contributed by atoms with Crippen LogP contribution in [0.25, 0.3) is 0 Å². The van der Waals surface area contributed by atoms with E-state index in [9.17, 15) is 9.90 Å². The molecule has 1 heterocycles. The minimum absolute atomic E-state index is 0.103. The van der Waals surface area contributed by atoms with Crippen LogP contribution in [0.1, 0.15) is 48.0 Å². The van der Waals surface area contributed by atoms with Crippen LogP contribution < -0.4 is 0 Å². The number of carboxylic acid groups (broad SMARTS) is 1. The Balaban J connectivity index is 2.85. The lowest BCUT2D eigenvalue weighted by atomic mass is 9.96. The molecule has 0 aliphatic rings. The molecule has 0 bridgehead atoms. The van der Waals surface area contributed by atoms with Gasteiger partial charge in [-0.3, -0.25) is 0 Å². The van der Waals surface area contributed by atoms with E-state index in [-0.39, 0.29) is 11.5 Å². The molecule has 15 heavy (non-hydrogen) atoms. The van der Waals surface area contributed by atoms with Gasteiger partial charge in [-0.05, 0) is 23.8 Å². The van der Waals surface area contributed by atoms with Crippen molar-refractivity contribution in [1.82, 2.24) is 0 Å². The summed E-state index contributed by atoms with van der Waals surface area (Å²) in [5.74, 6) is -0.860. The summed E-state index contributed by atoms with van der Waals surface area (Å²) in [5.41, 5.74) is 0.232. The molecule has 1 aromatic heterocycles. The van der Waals surface area contributed by atoms with Gasteiger partial charge in [0.2, 0.25) is 0 Å². The van der Waals surface area contributed by atoms with Gasteiger partial charge in [-0.2, -0.15) is 0 Å². The van der Waals surface area contributed by atoms with Crippen molar-refractivity contribution in [1.29, 1.82) is 0 Å². The van der Waals surface area contributed by atoms with Crippen LogP contribution in [-0.4, -0.2) is 16.2 Å². The normalized spacial score (nSPS) is 14.9. The van der Waals surface area contributed by atoms with Crippen molar-refractivity contribution in [3.63, 3.8) is 0 Å². The van der Waals surface area contributed by atoms with E-state index in [0.717, 1.165) is 12.8 Å². The molecule has 0 aliphatic carbocycles. The summed E-state index contributed by atoms with van der Waals surface area (Å²) < 4.78 is 0. The monoisotopic (exact) mass is 228 g/mol. The molecule has 0 radical (unpaired) electrons. The fourth-order valence-electron chi connectivity index (χ4n) is 1.60. The smallest absolute Gasteiger partial charge is 0.336 e. The van der Waals surface area contributed by atoms with Crippen molar-refractivity contribution < 1.29 is 15.0 Å². The van der Waals surface area contributed by atoms with E-state index < -0.39 is 12.1 Å². The van der Waals surface area contributed by atoms with E-state index >= 15 is 0 Å². The van der Waals surface area contributed by atoms with Crippen molar-refractivity contribution in [2.75, 3.05) is 0 Å². The Morgan fingerprint density at radius 1 is 1.60 bits per heavy atom. The molecule has 4 heteroatoms. The van der Waals surface area contributed by atoms with Gasteiger partial charge in [0.25, 0.3) is 0 Å². The maximum atomic E-state index is 10.9. The van der Waals surface area contributed by atoms with Gasteiger partial charge in [0.1, 0.15) is 0 Å². The second-order valence-corrected chi connectivity index (χ2v) is 4.66. The first-order valence-corrected chi connectivity index (χ1v) is 5.94. The minimum atomic E-state index is -0.964. The summed E-state index contributed by atoms with van der Waals surface area (Å²) >= 11 is 1.31. The van der Waals surface area contributed by atoms with E-state index in [1.54, 1.807) is 11.4 Å². The summed E-state index contributed by atoms with van der Waals surface area (Å²) in [6, 6.07) is 1.55. The topological polar surface area (TPSA) is 57.5 Å². The molecule has 1 aromatic rings. The van der Waals surface area contributed by atoms with Gasteiger partial charge in [-0.25, -0.2) is 4.79 Å². The van der Waals surface area contributed by atoms with Gasteiger partial charge in [0.05, 0.1) is 11.7 Å². The number of carboxylic acids is 1. The zero-order valence-corrected chi connectivity index (χ0v) is 9.75. The summed E-state index contributed by atoms with van der Waals surface area (Å²) in [4.78, 5) is 11.4. The summed E-state index contributed by atoms with van der Waals surface area (Å²) in [6.45, 7) is 4.00. The fraction of sp³-hybridized carbons (Fsp3) is 0.545. The van der Waals surface area contributed by atoms with Crippen LogP contribution in [0, 0.1) is 5.92 Å². The second kappa shape index (κ2) is 5.28. The lowest BCUT2D eigenvalue weighted by molar-refractivity contribution is 0.0682. The lowest BCUT2D eigenvalue weighted by Crippen LogP contribution is -2.11. The predicted molar refractivity (Wildman–Crippen MR) is 60.3 cm³/mol. The molecule has 2 N–H and O–H groups in total. The van der Waals surface area contributed by atoms with Crippen molar-refractivity contribution in [3.8, 4) is 0 Å². The van der Waals surface area contributed by atoms with Crippen LogP contribution in [0.5, 0.6) is 0 Å². The number of rotatable bonds is 5. The van der Waals surface area contributed by atoms with Crippen molar-refractivity contribution >= 4 is 17.3 Å². The molecule has 0 saturated heterocycles. The van der Waals surface area contributed by atoms with Crippen LogP contribution in [0.4, 0.5) is 0 Å². The molecule has 1 rings (SSSR count). The van der Waals surface area contributed by atoms with Crippen molar-refractivity contribution in [3.05, 3.63) is 21.9 Å². The number of aromatic carboxylic acids is 1. The van der Waals surface area contributed by atoms with E-state index in [1.165, 1.54) is 11.3 Å². The molecule has 84 valence electrons. The first kappa shape index (κ1) is 12.2. The molecule has 2 unspecified atom stereocenters. The Hall–Kier alpha value is -0.870. The second-order valence-electron chi connectivity index (χ2n) is 3.71. The van der Waals surface area contributed by atoms with Crippen molar-refractivity contribution in [2.24, 2.45) is 5.92 Å². The Morgan fingerprint density at radius 2 is 2.27 bits per heavy atom. The molecular formula is C11H16O3S. The number of hydrogen-bond acceptors (Lipinski definition) is 3. The zero-order chi connectivity index (χ0) is 11.4. The maximum absolute atomic E-state index is 10.9. The fourth-order valence-corrected chi connectivity index (χ4v) is 2.60. The highest BCUT2D eigenvalue weighted by molar-refractivity contribution is 7.10. The van der Waals surface area contributed by atoms with Gasteiger partial charge in [0.15, 0.2) is 0 Å². The summed E-state index contributed by atoms with van der Waals surface area (Å²) in [7, 11) is 0. The third kappa shape index (κ3) is 2.79. The molecule has 2 atom stereocenters. The Labute approximate surface area is 93.4 Å². The first-order chi connectivity index (χ1) is 7.07. The highest BCUT2D eigenvalue weighted by Crippen LogP contribution is 2.31. The number of thiophene rings is 1. The average molecular weight is 228 g/mol. The maximum Gasteiger partial charge on any atom is 0.336 e. The molecule has 3 nitrogen and oxygen atoms in total. The highest BCUT2D eigenvalue weighted by atomic mass is 32.1. The number of carbonyl (C=O) groups is 1. The Kier molecular flexibility index (Phi) is 4.29. The number of hydrogen-bond donors (Lipinski definition) is 2. The van der Waals surface area contributed by atoms with Gasteiger partial charge in [-0.15, -0.1) is 11.3 Å².